The van der Waals surface area contributed by atoms with Crippen LogP contribution in [0.2, 0.25) is 0 Å². The lowest BCUT2D eigenvalue weighted by atomic mass is 10.1. The van der Waals surface area contributed by atoms with Crippen molar-refractivity contribution in [1.82, 2.24) is 15.3 Å². The topological polar surface area (TPSA) is 92.2 Å². The fraction of sp³-hybridized carbons (Fsp3) is 0.333. The minimum Gasteiger partial charge on any atom is -0.477 e. The van der Waals surface area contributed by atoms with E-state index >= 15 is 0 Å². The standard InChI is InChI=1S/C21H23N3O3S2/c1-12-18(20(26)27)28-16(24-12)8-9-22-19(25)14-10-13-6-5-7-15(17(13)23-11-14)29-21(2,3)4/h5-7,10-11H,8-9H2,1-4H3,(H,22,25)(H,26,27). The van der Waals surface area contributed by atoms with Crippen molar-refractivity contribution in [2.45, 2.75) is 43.8 Å². The molecule has 29 heavy (non-hydrogen) atoms. The molecular formula is C21H23N3O3S2. The Balaban J connectivity index is 1.68. The Morgan fingerprint density at radius 2 is 2.03 bits per heavy atom. The van der Waals surface area contributed by atoms with Crippen molar-refractivity contribution in [2.75, 3.05) is 6.54 Å². The monoisotopic (exact) mass is 429 g/mol. The van der Waals surface area contributed by atoms with Crippen LogP contribution in [0.5, 0.6) is 0 Å². The van der Waals surface area contributed by atoms with Gasteiger partial charge in [0.25, 0.3) is 5.91 Å². The summed E-state index contributed by atoms with van der Waals surface area (Å²) in [6.45, 7) is 8.52. The fourth-order valence-electron chi connectivity index (χ4n) is 2.81. The predicted molar refractivity (Wildman–Crippen MR) is 117 cm³/mol. The van der Waals surface area contributed by atoms with Gasteiger partial charge in [-0.05, 0) is 19.1 Å². The summed E-state index contributed by atoms with van der Waals surface area (Å²) in [5.74, 6) is -1.18. The molecule has 152 valence electrons. The van der Waals surface area contributed by atoms with Gasteiger partial charge in [0.1, 0.15) is 4.88 Å². The number of carbonyl (C=O) groups excluding carboxylic acids is 1. The van der Waals surface area contributed by atoms with Gasteiger partial charge >= 0.3 is 5.97 Å². The van der Waals surface area contributed by atoms with E-state index in [1.165, 1.54) is 0 Å². The molecule has 2 heterocycles. The van der Waals surface area contributed by atoms with Crippen LogP contribution in [0.15, 0.2) is 35.4 Å². The summed E-state index contributed by atoms with van der Waals surface area (Å²) in [4.78, 5) is 33.7. The van der Waals surface area contributed by atoms with Gasteiger partial charge in [0.2, 0.25) is 0 Å². The number of aromatic carboxylic acids is 1. The van der Waals surface area contributed by atoms with Crippen LogP contribution in [0, 0.1) is 6.92 Å². The van der Waals surface area contributed by atoms with Gasteiger partial charge in [-0.2, -0.15) is 0 Å². The highest BCUT2D eigenvalue weighted by molar-refractivity contribution is 8.00. The van der Waals surface area contributed by atoms with Crippen LogP contribution in [0.3, 0.4) is 0 Å². The van der Waals surface area contributed by atoms with Crippen LogP contribution in [-0.4, -0.2) is 38.2 Å². The van der Waals surface area contributed by atoms with E-state index in [4.69, 9.17) is 5.11 Å². The Morgan fingerprint density at radius 3 is 2.69 bits per heavy atom. The van der Waals surface area contributed by atoms with E-state index in [1.807, 2.05) is 24.3 Å². The lowest BCUT2D eigenvalue weighted by Gasteiger charge is -2.18. The van der Waals surface area contributed by atoms with Crippen LogP contribution in [0.25, 0.3) is 10.9 Å². The molecule has 3 rings (SSSR count). The lowest BCUT2D eigenvalue weighted by Crippen LogP contribution is -2.25. The van der Waals surface area contributed by atoms with Gasteiger partial charge in [-0.3, -0.25) is 9.78 Å². The largest absolute Gasteiger partial charge is 0.477 e. The van der Waals surface area contributed by atoms with Crippen molar-refractivity contribution in [3.05, 3.63) is 51.6 Å². The summed E-state index contributed by atoms with van der Waals surface area (Å²) in [5, 5.41) is 13.6. The predicted octanol–water partition coefficient (Wildman–Crippen LogP) is 4.56. The zero-order chi connectivity index (χ0) is 21.2. The number of benzene rings is 1. The van der Waals surface area contributed by atoms with Crippen LogP contribution < -0.4 is 5.32 Å². The molecular weight excluding hydrogens is 406 g/mol. The molecule has 2 aromatic heterocycles. The molecule has 8 heteroatoms. The molecule has 6 nitrogen and oxygen atoms in total. The lowest BCUT2D eigenvalue weighted by molar-refractivity contribution is 0.0701. The summed E-state index contributed by atoms with van der Waals surface area (Å²) in [6.07, 6.45) is 2.08. The number of fused-ring (bicyclic) bond motifs is 1. The first-order valence-electron chi connectivity index (χ1n) is 9.19. The summed E-state index contributed by atoms with van der Waals surface area (Å²) >= 11 is 2.90. The Kier molecular flexibility index (Phi) is 6.24. The van der Waals surface area contributed by atoms with E-state index < -0.39 is 5.97 Å². The SMILES string of the molecule is Cc1nc(CCNC(=O)c2cnc3c(SC(C)(C)C)cccc3c2)sc1C(=O)O. The van der Waals surface area contributed by atoms with Gasteiger partial charge < -0.3 is 10.4 Å². The average Bonchev–Trinajstić information content (AvgIpc) is 3.01. The van der Waals surface area contributed by atoms with Gasteiger partial charge in [0, 0.05) is 34.2 Å². The maximum Gasteiger partial charge on any atom is 0.347 e. The number of nitrogens with zero attached hydrogens (tertiary/aromatic N) is 2. The van der Waals surface area contributed by atoms with Gasteiger partial charge in [-0.1, -0.05) is 32.9 Å². The zero-order valence-corrected chi connectivity index (χ0v) is 18.4. The number of rotatable bonds is 6. The normalized spacial score (nSPS) is 11.6. The van der Waals surface area contributed by atoms with Crippen molar-refractivity contribution in [1.29, 1.82) is 0 Å². The Labute approximate surface area is 177 Å². The number of thiazole rings is 1. The number of nitrogens with one attached hydrogen (secondary N) is 1. The van der Waals surface area contributed by atoms with Crippen molar-refractivity contribution >= 4 is 45.9 Å². The number of carboxylic acid groups (broad SMARTS) is 1. The Morgan fingerprint density at radius 1 is 1.28 bits per heavy atom. The number of para-hydroxylation sites is 1. The second kappa shape index (κ2) is 8.51. The summed E-state index contributed by atoms with van der Waals surface area (Å²) < 4.78 is 0.0701. The minimum atomic E-state index is -0.971. The number of thioether (sulfide) groups is 1. The number of amides is 1. The molecule has 1 amide bonds. The summed E-state index contributed by atoms with van der Waals surface area (Å²) in [6, 6.07) is 7.83. The van der Waals surface area contributed by atoms with Crippen LogP contribution in [0.1, 0.15) is 51.5 Å². The van der Waals surface area contributed by atoms with Crippen molar-refractivity contribution in [3.8, 4) is 0 Å². The van der Waals surface area contributed by atoms with Gasteiger partial charge in [-0.15, -0.1) is 23.1 Å². The molecule has 0 aliphatic heterocycles. The summed E-state index contributed by atoms with van der Waals surface area (Å²) in [5.41, 5.74) is 1.90. The third kappa shape index (κ3) is 5.33. The molecule has 0 unspecified atom stereocenters. The van der Waals surface area contributed by atoms with Crippen LogP contribution in [-0.2, 0) is 6.42 Å². The number of carbonyl (C=O) groups is 2. The first-order chi connectivity index (χ1) is 13.6. The molecule has 1 aromatic carbocycles. The molecule has 0 bridgehead atoms. The number of aromatic nitrogens is 2. The number of hydrogen-bond donors (Lipinski definition) is 2. The molecule has 0 radical (unpaired) electrons. The van der Waals surface area contributed by atoms with E-state index in [-0.39, 0.29) is 15.5 Å². The quantitative estimate of drug-likeness (QED) is 0.558. The fourth-order valence-corrected chi connectivity index (χ4v) is 4.79. The highest BCUT2D eigenvalue weighted by atomic mass is 32.2. The highest BCUT2D eigenvalue weighted by Gasteiger charge is 2.16. The highest BCUT2D eigenvalue weighted by Crippen LogP contribution is 2.35. The van der Waals surface area contributed by atoms with Crippen molar-refractivity contribution in [2.24, 2.45) is 0 Å². The third-order valence-corrected chi connectivity index (χ3v) is 6.38. The Hall–Kier alpha value is -2.45. The molecule has 0 aliphatic carbocycles. The zero-order valence-electron chi connectivity index (χ0n) is 16.8. The second-order valence-corrected chi connectivity index (χ2v) is 10.6. The van der Waals surface area contributed by atoms with Crippen molar-refractivity contribution in [3.63, 3.8) is 0 Å². The van der Waals surface area contributed by atoms with Crippen LogP contribution in [0.4, 0.5) is 0 Å². The number of aryl methyl sites for hydroxylation is 1. The molecule has 0 fully saturated rings. The first-order valence-corrected chi connectivity index (χ1v) is 10.8. The number of pyridine rings is 1. The number of carboxylic acids is 1. The summed E-state index contributed by atoms with van der Waals surface area (Å²) in [7, 11) is 0. The molecule has 0 aliphatic rings. The maximum atomic E-state index is 12.5. The van der Waals surface area contributed by atoms with E-state index in [9.17, 15) is 9.59 Å². The van der Waals surface area contributed by atoms with Gasteiger partial charge in [0.05, 0.1) is 21.8 Å². The van der Waals surface area contributed by atoms with E-state index in [1.54, 1.807) is 24.9 Å². The molecule has 0 saturated carbocycles. The third-order valence-electron chi connectivity index (χ3n) is 4.01. The van der Waals surface area contributed by atoms with Crippen LogP contribution >= 0.6 is 23.1 Å². The molecule has 3 aromatic rings. The number of hydrogen-bond acceptors (Lipinski definition) is 6. The van der Waals surface area contributed by atoms with Crippen molar-refractivity contribution < 1.29 is 14.7 Å². The first kappa shape index (κ1) is 21.3. The maximum absolute atomic E-state index is 12.5. The smallest absolute Gasteiger partial charge is 0.347 e. The molecule has 0 atom stereocenters. The minimum absolute atomic E-state index is 0.0701. The van der Waals surface area contributed by atoms with E-state index in [2.05, 4.69) is 36.1 Å². The molecule has 0 saturated heterocycles. The van der Waals surface area contributed by atoms with E-state index in [0.29, 0.717) is 29.2 Å². The van der Waals surface area contributed by atoms with E-state index in [0.717, 1.165) is 27.1 Å². The van der Waals surface area contributed by atoms with Gasteiger partial charge in [0.15, 0.2) is 0 Å². The molecule has 2 N–H and O–H groups in total. The Bertz CT molecular complexity index is 1070. The van der Waals surface area contributed by atoms with Gasteiger partial charge in [-0.25, -0.2) is 9.78 Å². The second-order valence-electron chi connectivity index (χ2n) is 7.60. The average molecular weight is 430 g/mol. The molecule has 0 spiro atoms.